The molecule has 0 saturated heterocycles. The lowest BCUT2D eigenvalue weighted by Crippen LogP contribution is -2.29. The molecule has 10 nitrogen and oxygen atoms in total. The summed E-state index contributed by atoms with van der Waals surface area (Å²) in [5, 5.41) is 36.8. The maximum atomic E-state index is 12.9. The highest BCUT2D eigenvalue weighted by Crippen LogP contribution is 2.23. The summed E-state index contributed by atoms with van der Waals surface area (Å²) in [6, 6.07) is 31.1. The number of nitrogens with zero attached hydrogens (tertiary/aromatic N) is 6. The number of benzene rings is 3. The minimum atomic E-state index is -0.164. The van der Waals surface area contributed by atoms with E-state index in [1.165, 1.54) is 0 Å². The van der Waals surface area contributed by atoms with E-state index >= 15 is 0 Å². The molecule has 0 radical (unpaired) electrons. The van der Waals surface area contributed by atoms with Gasteiger partial charge in [0.2, 0.25) is 0 Å². The van der Waals surface area contributed by atoms with Crippen LogP contribution in [0.1, 0.15) is 101 Å². The van der Waals surface area contributed by atoms with E-state index in [4.69, 9.17) is 9.47 Å². The molecule has 0 N–H and O–H groups in total. The highest BCUT2D eigenvalue weighted by Gasteiger charge is 2.20. The lowest BCUT2D eigenvalue weighted by atomic mass is 10.00. The third-order valence-corrected chi connectivity index (χ3v) is 10.1. The van der Waals surface area contributed by atoms with Gasteiger partial charge >= 0.3 is 11.9 Å². The fraction of sp³-hybridized carbons (Fsp3) is 0.417. The number of rotatable bonds is 24. The third kappa shape index (κ3) is 15.3. The Kier molecular flexibility index (Phi) is 20.4. The molecule has 3 aromatic rings. The Morgan fingerprint density at radius 2 is 0.914 bits per heavy atom. The van der Waals surface area contributed by atoms with Crippen LogP contribution in [0.25, 0.3) is 12.2 Å². The van der Waals surface area contributed by atoms with Crippen LogP contribution in [0.15, 0.2) is 83.9 Å². The summed E-state index contributed by atoms with van der Waals surface area (Å²) < 4.78 is 11.6. The maximum absolute atomic E-state index is 12.9. The van der Waals surface area contributed by atoms with E-state index in [0.717, 1.165) is 85.0 Å². The molecule has 0 heterocycles. The lowest BCUT2D eigenvalue weighted by Gasteiger charge is -2.27. The third-order valence-electron chi connectivity index (χ3n) is 10.1. The van der Waals surface area contributed by atoms with Crippen LogP contribution in [0.4, 0.5) is 11.4 Å². The van der Waals surface area contributed by atoms with Crippen molar-refractivity contribution in [1.82, 2.24) is 0 Å². The van der Waals surface area contributed by atoms with Gasteiger partial charge in [-0.05, 0) is 84.4 Å². The van der Waals surface area contributed by atoms with Gasteiger partial charge in [-0.1, -0.05) is 102 Å². The van der Waals surface area contributed by atoms with Crippen LogP contribution in [-0.4, -0.2) is 38.2 Å². The van der Waals surface area contributed by atoms with Gasteiger partial charge in [0.05, 0.1) is 24.9 Å². The highest BCUT2D eigenvalue weighted by atomic mass is 16.5. The van der Waals surface area contributed by atoms with E-state index in [1.54, 1.807) is 12.2 Å². The molecule has 0 aliphatic heterocycles. The summed E-state index contributed by atoms with van der Waals surface area (Å²) in [5.41, 5.74) is 5.42. The standard InChI is InChI=1S/C48H56N6O4/c1-5-9-11-43(7-3)47(55)57-27-25-53(45-21-17-37(18-22-45)29-41(31-49)32-50)35-39-13-15-40(16-14-39)36-54(26-28-58-48(56)44(8-4)12-10-6-2)46-23-19-38(20-24-46)30-42(33-51)34-52/h13-24,29-30,43-44H,5-12,25-28,35-36H2,1-4H3. The molecule has 0 aliphatic carbocycles. The number of hydrogen-bond donors (Lipinski definition) is 0. The Morgan fingerprint density at radius 1 is 0.569 bits per heavy atom. The Bertz CT molecular complexity index is 1800. The van der Waals surface area contributed by atoms with E-state index in [1.807, 2.05) is 86.7 Å². The van der Waals surface area contributed by atoms with Crippen LogP contribution in [0.3, 0.4) is 0 Å². The predicted molar refractivity (Wildman–Crippen MR) is 228 cm³/mol. The summed E-state index contributed by atoms with van der Waals surface area (Å²) >= 11 is 0. The fourth-order valence-corrected chi connectivity index (χ4v) is 6.49. The van der Waals surface area contributed by atoms with Crippen molar-refractivity contribution in [3.8, 4) is 24.3 Å². The number of esters is 2. The number of nitriles is 4. The largest absolute Gasteiger partial charge is 0.464 e. The van der Waals surface area contributed by atoms with Crippen LogP contribution in [0, 0.1) is 57.2 Å². The fourth-order valence-electron chi connectivity index (χ4n) is 6.49. The summed E-state index contributed by atoms with van der Waals surface area (Å²) in [5.74, 6) is -0.547. The van der Waals surface area contributed by atoms with Crippen LogP contribution >= 0.6 is 0 Å². The molecule has 2 unspecified atom stereocenters. The number of carbonyl (C=O) groups is 2. The first kappa shape index (κ1) is 46.0. The number of anilines is 2. The molecule has 0 aliphatic rings. The van der Waals surface area contributed by atoms with Crippen molar-refractivity contribution in [2.24, 2.45) is 11.8 Å². The highest BCUT2D eigenvalue weighted by molar-refractivity contribution is 5.73. The maximum Gasteiger partial charge on any atom is 0.308 e. The van der Waals surface area contributed by atoms with Gasteiger partial charge in [-0.15, -0.1) is 0 Å². The monoisotopic (exact) mass is 780 g/mol. The normalized spacial score (nSPS) is 11.3. The predicted octanol–water partition coefficient (Wildman–Crippen LogP) is 10.1. The van der Waals surface area contributed by atoms with Gasteiger partial charge < -0.3 is 19.3 Å². The quantitative estimate of drug-likeness (QED) is 0.0634. The van der Waals surface area contributed by atoms with Crippen molar-refractivity contribution in [2.75, 3.05) is 36.1 Å². The number of carbonyl (C=O) groups excluding carboxylic acids is 2. The molecule has 0 bridgehead atoms. The van der Waals surface area contributed by atoms with Crippen LogP contribution in [0.5, 0.6) is 0 Å². The molecule has 0 spiro atoms. The second kappa shape index (κ2) is 25.7. The number of unbranched alkanes of at least 4 members (excludes halogenated alkanes) is 2. The van der Waals surface area contributed by atoms with Crippen molar-refractivity contribution in [3.05, 3.63) is 106 Å². The van der Waals surface area contributed by atoms with E-state index < -0.39 is 0 Å². The average Bonchev–Trinajstić information content (AvgIpc) is 3.25. The number of hydrogen-bond acceptors (Lipinski definition) is 10. The van der Waals surface area contributed by atoms with Crippen molar-refractivity contribution < 1.29 is 19.1 Å². The van der Waals surface area contributed by atoms with E-state index in [0.29, 0.717) is 26.2 Å². The first-order valence-corrected chi connectivity index (χ1v) is 20.4. The van der Waals surface area contributed by atoms with Crippen molar-refractivity contribution in [1.29, 1.82) is 21.0 Å². The Hall–Kier alpha value is -6.36. The minimum Gasteiger partial charge on any atom is -0.464 e. The van der Waals surface area contributed by atoms with Crippen molar-refractivity contribution in [2.45, 2.75) is 92.2 Å². The van der Waals surface area contributed by atoms with Gasteiger partial charge in [-0.25, -0.2) is 0 Å². The molecule has 58 heavy (non-hydrogen) atoms. The van der Waals surface area contributed by atoms with Crippen LogP contribution < -0.4 is 9.80 Å². The Balaban J connectivity index is 1.82. The van der Waals surface area contributed by atoms with Crippen molar-refractivity contribution in [3.63, 3.8) is 0 Å². The smallest absolute Gasteiger partial charge is 0.308 e. The molecule has 10 heteroatoms. The zero-order valence-corrected chi connectivity index (χ0v) is 34.5. The average molecular weight is 781 g/mol. The first-order valence-electron chi connectivity index (χ1n) is 20.4. The summed E-state index contributed by atoms with van der Waals surface area (Å²) in [6.07, 6.45) is 10.2. The molecular weight excluding hydrogens is 725 g/mol. The molecule has 3 rings (SSSR count). The molecule has 2 atom stereocenters. The molecule has 3 aromatic carbocycles. The van der Waals surface area contributed by atoms with E-state index in [2.05, 4.69) is 47.9 Å². The summed E-state index contributed by atoms with van der Waals surface area (Å²) in [7, 11) is 0. The SMILES string of the molecule is CCCCC(CC)C(=O)OCCN(Cc1ccc(CN(CCOC(=O)C(CC)CCCC)c2ccc(C=C(C#N)C#N)cc2)cc1)c1ccc(C=C(C#N)C#N)cc1. The summed E-state index contributed by atoms with van der Waals surface area (Å²) in [4.78, 5) is 30.1. The Labute approximate surface area is 345 Å². The summed E-state index contributed by atoms with van der Waals surface area (Å²) in [6.45, 7) is 10.7. The van der Waals surface area contributed by atoms with Gasteiger partial charge in [-0.3, -0.25) is 9.59 Å². The minimum absolute atomic E-state index is 0.0243. The molecule has 0 fully saturated rings. The van der Waals surface area contributed by atoms with E-state index in [9.17, 15) is 30.6 Å². The van der Waals surface area contributed by atoms with E-state index in [-0.39, 0.29) is 48.1 Å². The second-order valence-corrected chi connectivity index (χ2v) is 14.2. The Morgan fingerprint density at radius 3 is 1.21 bits per heavy atom. The van der Waals surface area contributed by atoms with Gasteiger partial charge in [0.25, 0.3) is 0 Å². The topological polar surface area (TPSA) is 154 Å². The molecule has 0 aromatic heterocycles. The molecule has 0 amide bonds. The zero-order valence-electron chi connectivity index (χ0n) is 34.5. The van der Waals surface area contributed by atoms with Crippen LogP contribution in [-0.2, 0) is 32.2 Å². The van der Waals surface area contributed by atoms with Gasteiger partial charge in [0.1, 0.15) is 48.6 Å². The van der Waals surface area contributed by atoms with Gasteiger partial charge in [-0.2, -0.15) is 21.0 Å². The first-order chi connectivity index (χ1) is 28.2. The number of ether oxygens (including phenoxy) is 2. The molecular formula is C48H56N6O4. The zero-order chi connectivity index (χ0) is 42.1. The molecule has 302 valence electrons. The van der Waals surface area contributed by atoms with Crippen molar-refractivity contribution >= 4 is 35.5 Å². The van der Waals surface area contributed by atoms with Gasteiger partial charge in [0.15, 0.2) is 0 Å². The number of allylic oxidation sites excluding steroid dienone is 2. The van der Waals surface area contributed by atoms with Gasteiger partial charge in [0, 0.05) is 24.5 Å². The molecule has 0 saturated carbocycles. The second-order valence-electron chi connectivity index (χ2n) is 14.2. The van der Waals surface area contributed by atoms with Crippen LogP contribution in [0.2, 0.25) is 0 Å². The lowest BCUT2D eigenvalue weighted by molar-refractivity contribution is -0.149.